The van der Waals surface area contributed by atoms with Gasteiger partial charge in [0, 0.05) is 24.5 Å². The molecule has 0 saturated carbocycles. The van der Waals surface area contributed by atoms with Crippen molar-refractivity contribution in [2.75, 3.05) is 17.2 Å². The fourth-order valence-corrected chi connectivity index (χ4v) is 3.01. The molecule has 25 heavy (non-hydrogen) atoms. The molecule has 3 amide bonds. The summed E-state index contributed by atoms with van der Waals surface area (Å²) in [6, 6.07) is 14.3. The van der Waals surface area contributed by atoms with Gasteiger partial charge in [-0.1, -0.05) is 30.3 Å². The minimum atomic E-state index is -0.500. The van der Waals surface area contributed by atoms with Gasteiger partial charge in [-0.15, -0.1) is 0 Å². The Bertz CT molecular complexity index is 774. The molecule has 0 unspecified atom stereocenters. The summed E-state index contributed by atoms with van der Waals surface area (Å²) >= 11 is 0. The molecule has 2 aromatic rings. The maximum atomic E-state index is 12.2. The third-order valence-electron chi connectivity index (χ3n) is 4.25. The number of carbonyl (C=O) groups excluding carboxylic acids is 2. The SMILES string of the molecule is C[C@@H](N)C(=O)N1CCc2c(cccc2NC(=O)Nc2ccccc2)C1. The molecule has 0 saturated heterocycles. The van der Waals surface area contributed by atoms with E-state index in [1.807, 2.05) is 48.5 Å². The van der Waals surface area contributed by atoms with Gasteiger partial charge in [-0.05, 0) is 42.7 Å². The zero-order valence-electron chi connectivity index (χ0n) is 14.2. The maximum Gasteiger partial charge on any atom is 0.323 e. The van der Waals surface area contributed by atoms with Crippen LogP contribution in [0.1, 0.15) is 18.1 Å². The number of hydrogen-bond acceptors (Lipinski definition) is 3. The summed E-state index contributed by atoms with van der Waals surface area (Å²) < 4.78 is 0. The van der Waals surface area contributed by atoms with Crippen LogP contribution in [-0.2, 0) is 17.8 Å². The first-order valence-corrected chi connectivity index (χ1v) is 8.33. The highest BCUT2D eigenvalue weighted by Crippen LogP contribution is 2.26. The van der Waals surface area contributed by atoms with Gasteiger partial charge in [0.05, 0.1) is 6.04 Å². The molecule has 0 bridgehead atoms. The van der Waals surface area contributed by atoms with E-state index in [-0.39, 0.29) is 11.9 Å². The molecule has 1 heterocycles. The summed E-state index contributed by atoms with van der Waals surface area (Å²) in [4.78, 5) is 26.1. The molecule has 1 aliphatic heterocycles. The fourth-order valence-electron chi connectivity index (χ4n) is 3.01. The first-order chi connectivity index (χ1) is 12.0. The molecule has 6 heteroatoms. The lowest BCUT2D eigenvalue weighted by molar-refractivity contribution is -0.133. The normalized spacial score (nSPS) is 14.4. The number of anilines is 2. The molecular formula is C19H22N4O2. The standard InChI is InChI=1S/C19H22N4O2/c1-13(20)18(24)23-11-10-16-14(12-23)6-5-9-17(16)22-19(25)21-15-7-3-2-4-8-15/h2-9,13H,10-12,20H2,1H3,(H2,21,22,25)/t13-/m1/s1. The Morgan fingerprint density at radius 1 is 1.08 bits per heavy atom. The summed E-state index contributed by atoms with van der Waals surface area (Å²) in [5.41, 5.74) is 9.32. The molecule has 1 aliphatic rings. The van der Waals surface area contributed by atoms with Crippen LogP contribution in [0.25, 0.3) is 0 Å². The molecule has 3 rings (SSSR count). The summed E-state index contributed by atoms with van der Waals surface area (Å²) in [6.07, 6.45) is 0.690. The Balaban J connectivity index is 1.71. The number of rotatable bonds is 3. The van der Waals surface area contributed by atoms with Crippen LogP contribution in [0.5, 0.6) is 0 Å². The van der Waals surface area contributed by atoms with E-state index in [9.17, 15) is 9.59 Å². The number of urea groups is 1. The molecule has 130 valence electrons. The fraction of sp³-hybridized carbons (Fsp3) is 0.263. The van der Waals surface area contributed by atoms with Gasteiger partial charge < -0.3 is 21.3 Å². The molecule has 0 radical (unpaired) electrons. The number of nitrogens with zero attached hydrogens (tertiary/aromatic N) is 1. The molecule has 0 spiro atoms. The third kappa shape index (κ3) is 3.97. The highest BCUT2D eigenvalue weighted by Gasteiger charge is 2.24. The van der Waals surface area contributed by atoms with E-state index < -0.39 is 6.04 Å². The number of amides is 3. The Hall–Kier alpha value is -2.86. The average Bonchev–Trinajstić information content (AvgIpc) is 2.61. The summed E-state index contributed by atoms with van der Waals surface area (Å²) in [5.74, 6) is -0.0502. The lowest BCUT2D eigenvalue weighted by Gasteiger charge is -2.31. The zero-order valence-corrected chi connectivity index (χ0v) is 14.2. The second kappa shape index (κ2) is 7.36. The quantitative estimate of drug-likeness (QED) is 0.804. The number of hydrogen-bond donors (Lipinski definition) is 3. The smallest absolute Gasteiger partial charge is 0.323 e. The van der Waals surface area contributed by atoms with Crippen molar-refractivity contribution in [3.05, 3.63) is 59.7 Å². The van der Waals surface area contributed by atoms with Crippen LogP contribution in [0.4, 0.5) is 16.2 Å². The number of benzene rings is 2. The van der Waals surface area contributed by atoms with E-state index >= 15 is 0 Å². The number of nitrogens with two attached hydrogens (primary N) is 1. The molecule has 4 N–H and O–H groups in total. The third-order valence-corrected chi connectivity index (χ3v) is 4.25. The Morgan fingerprint density at radius 3 is 2.56 bits per heavy atom. The van der Waals surface area contributed by atoms with Crippen molar-refractivity contribution in [2.45, 2.75) is 25.9 Å². The topological polar surface area (TPSA) is 87.5 Å². The second-order valence-corrected chi connectivity index (χ2v) is 6.19. The van der Waals surface area contributed by atoms with E-state index in [1.165, 1.54) is 0 Å². The summed E-state index contributed by atoms with van der Waals surface area (Å²) in [6.45, 7) is 2.82. The van der Waals surface area contributed by atoms with Gasteiger partial charge in [0.25, 0.3) is 0 Å². The van der Waals surface area contributed by atoms with Gasteiger partial charge in [0.1, 0.15) is 0 Å². The van der Waals surface area contributed by atoms with Crippen molar-refractivity contribution < 1.29 is 9.59 Å². The minimum Gasteiger partial charge on any atom is -0.337 e. The van der Waals surface area contributed by atoms with Crippen LogP contribution in [0.2, 0.25) is 0 Å². The lowest BCUT2D eigenvalue weighted by Crippen LogP contribution is -2.44. The van der Waals surface area contributed by atoms with E-state index in [0.29, 0.717) is 19.5 Å². The maximum absolute atomic E-state index is 12.2. The summed E-state index contributed by atoms with van der Waals surface area (Å²) in [7, 11) is 0. The monoisotopic (exact) mass is 338 g/mol. The van der Waals surface area contributed by atoms with Gasteiger partial charge in [0.2, 0.25) is 5.91 Å². The van der Waals surface area contributed by atoms with Gasteiger partial charge in [0.15, 0.2) is 0 Å². The van der Waals surface area contributed by atoms with E-state index in [2.05, 4.69) is 10.6 Å². The predicted octanol–water partition coefficient (Wildman–Crippen LogP) is 2.56. The highest BCUT2D eigenvalue weighted by atomic mass is 16.2. The predicted molar refractivity (Wildman–Crippen MR) is 98.3 cm³/mol. The average molecular weight is 338 g/mol. The van der Waals surface area contributed by atoms with Crippen LogP contribution in [0.15, 0.2) is 48.5 Å². The number of para-hydroxylation sites is 1. The van der Waals surface area contributed by atoms with Crippen molar-refractivity contribution in [1.29, 1.82) is 0 Å². The van der Waals surface area contributed by atoms with Crippen LogP contribution < -0.4 is 16.4 Å². The second-order valence-electron chi connectivity index (χ2n) is 6.19. The molecule has 0 aliphatic carbocycles. The molecule has 2 aromatic carbocycles. The van der Waals surface area contributed by atoms with Crippen molar-refractivity contribution in [2.24, 2.45) is 5.73 Å². The van der Waals surface area contributed by atoms with Gasteiger partial charge in [-0.2, -0.15) is 0 Å². The molecular weight excluding hydrogens is 316 g/mol. The van der Waals surface area contributed by atoms with E-state index in [1.54, 1.807) is 11.8 Å². The van der Waals surface area contributed by atoms with Crippen molar-refractivity contribution in [3.63, 3.8) is 0 Å². The van der Waals surface area contributed by atoms with E-state index in [0.717, 1.165) is 22.5 Å². The van der Waals surface area contributed by atoms with Crippen molar-refractivity contribution in [1.82, 2.24) is 4.90 Å². The van der Waals surface area contributed by atoms with Crippen LogP contribution in [0, 0.1) is 0 Å². The minimum absolute atomic E-state index is 0.0502. The zero-order chi connectivity index (χ0) is 17.8. The van der Waals surface area contributed by atoms with Crippen molar-refractivity contribution in [3.8, 4) is 0 Å². The highest BCUT2D eigenvalue weighted by molar-refractivity contribution is 6.00. The Morgan fingerprint density at radius 2 is 1.84 bits per heavy atom. The first kappa shape index (κ1) is 17.0. The number of fused-ring (bicyclic) bond motifs is 1. The Kier molecular flexibility index (Phi) is 5.00. The van der Waals surface area contributed by atoms with Gasteiger partial charge >= 0.3 is 6.03 Å². The van der Waals surface area contributed by atoms with Gasteiger partial charge in [-0.3, -0.25) is 4.79 Å². The number of carbonyl (C=O) groups is 2. The molecule has 0 aromatic heterocycles. The van der Waals surface area contributed by atoms with Crippen LogP contribution in [-0.4, -0.2) is 29.4 Å². The van der Waals surface area contributed by atoms with Crippen LogP contribution in [0.3, 0.4) is 0 Å². The largest absolute Gasteiger partial charge is 0.337 e. The molecule has 0 fully saturated rings. The number of nitrogens with one attached hydrogen (secondary N) is 2. The van der Waals surface area contributed by atoms with Crippen LogP contribution >= 0.6 is 0 Å². The first-order valence-electron chi connectivity index (χ1n) is 8.33. The Labute approximate surface area is 147 Å². The van der Waals surface area contributed by atoms with Crippen molar-refractivity contribution >= 4 is 23.3 Å². The lowest BCUT2D eigenvalue weighted by atomic mass is 9.97. The van der Waals surface area contributed by atoms with Gasteiger partial charge in [-0.25, -0.2) is 4.79 Å². The summed E-state index contributed by atoms with van der Waals surface area (Å²) in [5, 5.41) is 5.72. The molecule has 6 nitrogen and oxygen atoms in total. The van der Waals surface area contributed by atoms with E-state index in [4.69, 9.17) is 5.73 Å². The molecule has 1 atom stereocenters.